The van der Waals surface area contributed by atoms with E-state index in [4.69, 9.17) is 0 Å². The molecular weight excluding hydrogens is 284 g/mol. The molecule has 1 N–H and O–H groups in total. The summed E-state index contributed by atoms with van der Waals surface area (Å²) in [7, 11) is 0. The standard InChI is InChI=1S/C20H34N2O/c1-13(18-12-14-5-6-16(18)11-14)21-22-19(23)15-7-9-17(10-8-15)20(2,3)4/h14-18H,5-12H2,1-4H3,(H,22,23)/b21-13+. The second kappa shape index (κ2) is 6.57. The molecule has 0 aliphatic heterocycles. The third-order valence-corrected chi connectivity index (χ3v) is 6.94. The lowest BCUT2D eigenvalue weighted by Gasteiger charge is -2.36. The Bertz CT molecular complexity index is 469. The number of nitrogens with zero attached hydrogens (tertiary/aromatic N) is 1. The lowest BCUT2D eigenvalue weighted by molar-refractivity contribution is -0.126. The normalized spacial score (nSPS) is 37.9. The molecule has 3 aliphatic carbocycles. The van der Waals surface area contributed by atoms with Crippen molar-refractivity contribution in [3.63, 3.8) is 0 Å². The van der Waals surface area contributed by atoms with Crippen LogP contribution in [0.2, 0.25) is 0 Å². The molecule has 0 heterocycles. The Morgan fingerprint density at radius 1 is 1.00 bits per heavy atom. The first-order valence-electron chi connectivity index (χ1n) is 9.68. The van der Waals surface area contributed by atoms with Gasteiger partial charge in [-0.2, -0.15) is 5.10 Å². The van der Waals surface area contributed by atoms with Crippen molar-refractivity contribution in [1.82, 2.24) is 5.43 Å². The fourth-order valence-corrected chi connectivity index (χ4v) is 5.30. The van der Waals surface area contributed by atoms with E-state index in [-0.39, 0.29) is 11.8 Å². The van der Waals surface area contributed by atoms with Crippen LogP contribution in [0.3, 0.4) is 0 Å². The maximum atomic E-state index is 12.4. The van der Waals surface area contributed by atoms with Crippen molar-refractivity contribution in [3.05, 3.63) is 0 Å². The van der Waals surface area contributed by atoms with Crippen LogP contribution in [0.4, 0.5) is 0 Å². The van der Waals surface area contributed by atoms with Crippen molar-refractivity contribution in [2.75, 3.05) is 0 Å². The molecule has 23 heavy (non-hydrogen) atoms. The molecule has 3 nitrogen and oxygen atoms in total. The number of hydrogen-bond acceptors (Lipinski definition) is 2. The zero-order valence-electron chi connectivity index (χ0n) is 15.4. The third-order valence-electron chi connectivity index (χ3n) is 6.94. The van der Waals surface area contributed by atoms with Gasteiger partial charge in [0.2, 0.25) is 5.91 Å². The van der Waals surface area contributed by atoms with E-state index in [9.17, 15) is 4.79 Å². The highest BCUT2D eigenvalue weighted by Crippen LogP contribution is 2.48. The number of hydrogen-bond donors (Lipinski definition) is 1. The van der Waals surface area contributed by atoms with Gasteiger partial charge in [0.05, 0.1) is 0 Å². The molecule has 0 saturated heterocycles. The molecule has 0 aromatic heterocycles. The summed E-state index contributed by atoms with van der Waals surface area (Å²) in [6, 6.07) is 0. The predicted octanol–water partition coefficient (Wildman–Crippen LogP) is 4.77. The molecule has 3 fully saturated rings. The Morgan fingerprint density at radius 2 is 1.70 bits per heavy atom. The van der Waals surface area contributed by atoms with E-state index < -0.39 is 0 Å². The van der Waals surface area contributed by atoms with Gasteiger partial charge >= 0.3 is 0 Å². The first kappa shape index (κ1) is 17.0. The zero-order chi connectivity index (χ0) is 16.6. The SMILES string of the molecule is C/C(=N\NC(=O)C1CCC(C(C)(C)C)CC1)C1CC2CCC1C2. The maximum absolute atomic E-state index is 12.4. The summed E-state index contributed by atoms with van der Waals surface area (Å²) in [6.07, 6.45) is 9.87. The summed E-state index contributed by atoms with van der Waals surface area (Å²) < 4.78 is 0. The number of rotatable bonds is 3. The second-order valence-electron chi connectivity index (χ2n) is 9.43. The van der Waals surface area contributed by atoms with E-state index in [1.165, 1.54) is 38.5 Å². The molecule has 0 spiro atoms. The van der Waals surface area contributed by atoms with Crippen LogP contribution in [0.5, 0.6) is 0 Å². The van der Waals surface area contributed by atoms with E-state index >= 15 is 0 Å². The molecule has 3 aliphatic rings. The van der Waals surface area contributed by atoms with E-state index in [1.54, 1.807) is 0 Å². The van der Waals surface area contributed by atoms with Gasteiger partial charge in [-0.05, 0) is 75.0 Å². The highest BCUT2D eigenvalue weighted by atomic mass is 16.2. The van der Waals surface area contributed by atoms with Crippen molar-refractivity contribution in [3.8, 4) is 0 Å². The Labute approximate surface area is 141 Å². The summed E-state index contributed by atoms with van der Waals surface area (Å²) in [6.45, 7) is 9.07. The summed E-state index contributed by atoms with van der Waals surface area (Å²) >= 11 is 0. The van der Waals surface area contributed by atoms with Crippen LogP contribution in [-0.4, -0.2) is 11.6 Å². The first-order chi connectivity index (χ1) is 10.8. The third kappa shape index (κ3) is 3.80. The smallest absolute Gasteiger partial charge is 0.243 e. The fourth-order valence-electron chi connectivity index (χ4n) is 5.30. The van der Waals surface area contributed by atoms with Gasteiger partial charge in [-0.25, -0.2) is 5.43 Å². The summed E-state index contributed by atoms with van der Waals surface area (Å²) in [5.41, 5.74) is 4.43. The molecule has 3 unspecified atom stereocenters. The van der Waals surface area contributed by atoms with Gasteiger partial charge in [-0.3, -0.25) is 4.79 Å². The van der Waals surface area contributed by atoms with Crippen molar-refractivity contribution >= 4 is 11.6 Å². The number of carbonyl (C=O) groups excluding carboxylic acids is 1. The van der Waals surface area contributed by atoms with Gasteiger partial charge in [-0.1, -0.05) is 27.2 Å². The summed E-state index contributed by atoms with van der Waals surface area (Å²) in [5, 5.41) is 4.48. The van der Waals surface area contributed by atoms with Gasteiger partial charge < -0.3 is 0 Å². The van der Waals surface area contributed by atoms with Crippen molar-refractivity contribution in [1.29, 1.82) is 0 Å². The quantitative estimate of drug-likeness (QED) is 0.591. The van der Waals surface area contributed by atoms with E-state index in [0.29, 0.717) is 11.3 Å². The number of hydrazone groups is 1. The van der Waals surface area contributed by atoms with Crippen LogP contribution in [0.25, 0.3) is 0 Å². The molecule has 3 heteroatoms. The Morgan fingerprint density at radius 3 is 2.22 bits per heavy atom. The Kier molecular flexibility index (Phi) is 4.85. The molecule has 3 saturated carbocycles. The molecule has 130 valence electrons. The minimum absolute atomic E-state index is 0.153. The largest absolute Gasteiger partial charge is 0.273 e. The maximum Gasteiger partial charge on any atom is 0.243 e. The number of fused-ring (bicyclic) bond motifs is 2. The lowest BCUT2D eigenvalue weighted by Crippen LogP contribution is -2.34. The average Bonchev–Trinajstić information content (AvgIpc) is 3.14. The van der Waals surface area contributed by atoms with Crippen LogP contribution in [0.15, 0.2) is 5.10 Å². The predicted molar refractivity (Wildman–Crippen MR) is 95.1 cm³/mol. The van der Waals surface area contributed by atoms with Crippen LogP contribution in [0.1, 0.15) is 79.1 Å². The minimum Gasteiger partial charge on any atom is -0.273 e. The van der Waals surface area contributed by atoms with Crippen LogP contribution in [0, 0.1) is 35.0 Å². The molecule has 2 bridgehead atoms. The molecule has 3 atom stereocenters. The first-order valence-corrected chi connectivity index (χ1v) is 9.68. The van der Waals surface area contributed by atoms with Gasteiger partial charge in [0.1, 0.15) is 0 Å². The number of nitrogens with one attached hydrogen (secondary N) is 1. The van der Waals surface area contributed by atoms with Gasteiger partial charge in [0.15, 0.2) is 0 Å². The minimum atomic E-state index is 0.153. The van der Waals surface area contributed by atoms with Crippen LogP contribution < -0.4 is 5.43 Å². The topological polar surface area (TPSA) is 41.5 Å². The van der Waals surface area contributed by atoms with Gasteiger partial charge in [0, 0.05) is 17.5 Å². The number of amides is 1. The fraction of sp³-hybridized carbons (Fsp3) is 0.900. The van der Waals surface area contributed by atoms with Crippen molar-refractivity contribution < 1.29 is 4.79 Å². The van der Waals surface area contributed by atoms with E-state index in [2.05, 4.69) is 38.2 Å². The van der Waals surface area contributed by atoms with Crippen molar-refractivity contribution in [2.24, 2.45) is 40.1 Å². The van der Waals surface area contributed by atoms with Crippen LogP contribution >= 0.6 is 0 Å². The van der Waals surface area contributed by atoms with Gasteiger partial charge in [0.25, 0.3) is 0 Å². The second-order valence-corrected chi connectivity index (χ2v) is 9.43. The molecule has 3 rings (SSSR count). The highest BCUT2D eigenvalue weighted by Gasteiger charge is 2.40. The molecule has 0 radical (unpaired) electrons. The monoisotopic (exact) mass is 318 g/mol. The highest BCUT2D eigenvalue weighted by molar-refractivity contribution is 5.87. The summed E-state index contributed by atoms with van der Waals surface area (Å²) in [5.74, 6) is 3.47. The van der Waals surface area contributed by atoms with Crippen LogP contribution in [-0.2, 0) is 4.79 Å². The molecular formula is C20H34N2O. The van der Waals surface area contributed by atoms with E-state index in [1.807, 2.05) is 0 Å². The van der Waals surface area contributed by atoms with Crippen molar-refractivity contribution in [2.45, 2.75) is 79.1 Å². The zero-order valence-corrected chi connectivity index (χ0v) is 15.4. The number of carbonyl (C=O) groups is 1. The molecule has 1 amide bonds. The summed E-state index contributed by atoms with van der Waals surface area (Å²) in [4.78, 5) is 12.4. The Hall–Kier alpha value is -0.860. The van der Waals surface area contributed by atoms with E-state index in [0.717, 1.165) is 36.3 Å². The molecule has 0 aromatic rings. The molecule has 0 aromatic carbocycles. The lowest BCUT2D eigenvalue weighted by atomic mass is 9.70. The van der Waals surface area contributed by atoms with Gasteiger partial charge in [-0.15, -0.1) is 0 Å². The average molecular weight is 319 g/mol. The Balaban J connectivity index is 1.47.